The molecule has 158 valence electrons. The molecule has 0 amide bonds. The first-order chi connectivity index (χ1) is 15.1. The van der Waals surface area contributed by atoms with Crippen LogP contribution in [-0.4, -0.2) is 27.7 Å². The Morgan fingerprint density at radius 3 is 2.61 bits per heavy atom. The number of aryl methyl sites for hydroxylation is 1. The normalized spacial score (nSPS) is 14.8. The van der Waals surface area contributed by atoms with Crippen LogP contribution in [0.15, 0.2) is 59.5 Å². The Hall–Kier alpha value is -3.45. The second-order valence-electron chi connectivity index (χ2n) is 7.77. The Bertz CT molecular complexity index is 1290. The number of halogens is 1. The van der Waals surface area contributed by atoms with Gasteiger partial charge in [0.05, 0.1) is 5.52 Å². The Morgan fingerprint density at radius 1 is 1.10 bits per heavy atom. The fourth-order valence-electron chi connectivity index (χ4n) is 3.94. The van der Waals surface area contributed by atoms with Gasteiger partial charge in [0, 0.05) is 49.6 Å². The first kappa shape index (κ1) is 19.5. The molecule has 1 saturated heterocycles. The van der Waals surface area contributed by atoms with E-state index in [0.717, 1.165) is 48.5 Å². The lowest BCUT2D eigenvalue weighted by atomic mass is 10.00. The highest BCUT2D eigenvalue weighted by atomic mass is 19.1. The van der Waals surface area contributed by atoms with E-state index in [-0.39, 0.29) is 11.4 Å². The summed E-state index contributed by atoms with van der Waals surface area (Å²) in [4.78, 5) is 20.2. The molecule has 7 heteroatoms. The van der Waals surface area contributed by atoms with Gasteiger partial charge in [0.15, 0.2) is 5.75 Å². The summed E-state index contributed by atoms with van der Waals surface area (Å²) in [5.41, 5.74) is 3.12. The predicted molar refractivity (Wildman–Crippen MR) is 116 cm³/mol. The molecule has 0 unspecified atom stereocenters. The van der Waals surface area contributed by atoms with Crippen LogP contribution in [0.2, 0.25) is 0 Å². The summed E-state index contributed by atoms with van der Waals surface area (Å²) in [6.45, 7) is 1.45. The summed E-state index contributed by atoms with van der Waals surface area (Å²) in [6.07, 6.45) is 3.61. The van der Waals surface area contributed by atoms with Crippen molar-refractivity contribution in [3.63, 3.8) is 0 Å². The van der Waals surface area contributed by atoms with Crippen molar-refractivity contribution in [1.82, 2.24) is 14.5 Å². The molecule has 4 aromatic rings. The number of pyridine rings is 1. The number of nitrogens with zero attached hydrogens (tertiary/aromatic N) is 2. The second kappa shape index (κ2) is 8.00. The minimum absolute atomic E-state index is 0.0904. The zero-order chi connectivity index (χ0) is 21.4. The Labute approximate surface area is 178 Å². The molecule has 0 radical (unpaired) electrons. The van der Waals surface area contributed by atoms with Gasteiger partial charge < -0.3 is 19.0 Å². The van der Waals surface area contributed by atoms with E-state index in [1.807, 2.05) is 12.1 Å². The van der Waals surface area contributed by atoms with Crippen LogP contribution in [0.4, 0.5) is 4.39 Å². The first-order valence-corrected chi connectivity index (χ1v) is 10.3. The lowest BCUT2D eigenvalue weighted by Gasteiger charge is -2.19. The topological polar surface area (TPSA) is 69.1 Å². The monoisotopic (exact) mass is 419 g/mol. The number of H-pyrrole nitrogens is 1. The van der Waals surface area contributed by atoms with Crippen LogP contribution in [0.5, 0.6) is 11.5 Å². The highest BCUT2D eigenvalue weighted by molar-refractivity contribution is 5.91. The molecule has 3 heterocycles. The fraction of sp³-hybridized carbons (Fsp3) is 0.250. The van der Waals surface area contributed by atoms with Gasteiger partial charge in [0.1, 0.15) is 22.9 Å². The van der Waals surface area contributed by atoms with Crippen molar-refractivity contribution >= 4 is 11.0 Å². The van der Waals surface area contributed by atoms with E-state index in [4.69, 9.17) is 14.5 Å². The number of ether oxygens (including phenoxy) is 2. The largest absolute Gasteiger partial charge is 0.454 e. The third kappa shape index (κ3) is 3.84. The molecule has 0 bridgehead atoms. The number of fused-ring (bicyclic) bond motifs is 1. The van der Waals surface area contributed by atoms with Gasteiger partial charge in [0.25, 0.3) is 0 Å². The van der Waals surface area contributed by atoms with Crippen LogP contribution in [-0.2, 0) is 11.8 Å². The van der Waals surface area contributed by atoms with Crippen LogP contribution in [0, 0.1) is 5.82 Å². The van der Waals surface area contributed by atoms with Crippen LogP contribution in [0.25, 0.3) is 22.2 Å². The smallest absolute Gasteiger partial charge is 0.250 e. The number of aromatic amines is 1. The molecule has 2 aromatic heterocycles. The molecule has 31 heavy (non-hydrogen) atoms. The van der Waals surface area contributed by atoms with Crippen molar-refractivity contribution in [2.45, 2.75) is 18.8 Å². The van der Waals surface area contributed by atoms with Crippen LogP contribution < -0.4 is 10.3 Å². The summed E-state index contributed by atoms with van der Waals surface area (Å²) in [5, 5.41) is 0. The molecule has 2 aromatic carbocycles. The van der Waals surface area contributed by atoms with E-state index in [0.29, 0.717) is 22.9 Å². The molecule has 1 fully saturated rings. The maximum absolute atomic E-state index is 13.4. The highest BCUT2D eigenvalue weighted by Crippen LogP contribution is 2.39. The van der Waals surface area contributed by atoms with Crippen molar-refractivity contribution in [2.75, 3.05) is 13.2 Å². The second-order valence-corrected chi connectivity index (χ2v) is 7.77. The van der Waals surface area contributed by atoms with Crippen molar-refractivity contribution in [3.05, 3.63) is 76.7 Å². The van der Waals surface area contributed by atoms with E-state index in [2.05, 4.69) is 4.98 Å². The van der Waals surface area contributed by atoms with Crippen LogP contribution in [0.1, 0.15) is 24.6 Å². The van der Waals surface area contributed by atoms with E-state index in [9.17, 15) is 9.18 Å². The van der Waals surface area contributed by atoms with Crippen molar-refractivity contribution in [1.29, 1.82) is 0 Å². The summed E-state index contributed by atoms with van der Waals surface area (Å²) in [6, 6.07) is 13.1. The minimum atomic E-state index is -0.328. The maximum Gasteiger partial charge on any atom is 0.250 e. The molecule has 6 nitrogen and oxygen atoms in total. The number of benzene rings is 2. The summed E-state index contributed by atoms with van der Waals surface area (Å²) >= 11 is 0. The van der Waals surface area contributed by atoms with Gasteiger partial charge >= 0.3 is 0 Å². The Balaban J connectivity index is 1.66. The van der Waals surface area contributed by atoms with Gasteiger partial charge in [-0.1, -0.05) is 0 Å². The Kier molecular flexibility index (Phi) is 5.03. The summed E-state index contributed by atoms with van der Waals surface area (Å²) in [7, 11) is 1.71. The molecule has 1 N–H and O–H groups in total. The number of hydrogen-bond donors (Lipinski definition) is 1. The van der Waals surface area contributed by atoms with Gasteiger partial charge in [-0.2, -0.15) is 0 Å². The molecule has 0 spiro atoms. The average Bonchev–Trinajstić information content (AvgIpc) is 3.23. The fourth-order valence-corrected chi connectivity index (χ4v) is 3.94. The molecular formula is C24H22FN3O3. The van der Waals surface area contributed by atoms with E-state index < -0.39 is 0 Å². The average molecular weight is 419 g/mol. The van der Waals surface area contributed by atoms with E-state index in [1.54, 1.807) is 31.4 Å². The zero-order valence-corrected chi connectivity index (χ0v) is 17.1. The number of hydrogen-bond acceptors (Lipinski definition) is 4. The number of imidazole rings is 1. The van der Waals surface area contributed by atoms with Gasteiger partial charge in [-0.05, 0) is 55.3 Å². The Morgan fingerprint density at radius 2 is 1.87 bits per heavy atom. The number of nitrogens with one attached hydrogen (secondary N) is 1. The maximum atomic E-state index is 13.4. The highest BCUT2D eigenvalue weighted by Gasteiger charge is 2.22. The molecule has 1 aliphatic heterocycles. The van der Waals surface area contributed by atoms with Gasteiger partial charge in [-0.3, -0.25) is 4.79 Å². The summed E-state index contributed by atoms with van der Waals surface area (Å²) in [5.74, 6) is 1.97. The van der Waals surface area contributed by atoms with Gasteiger partial charge in [0.2, 0.25) is 5.56 Å². The van der Waals surface area contributed by atoms with E-state index in [1.165, 1.54) is 22.8 Å². The number of aromatic nitrogens is 3. The number of rotatable bonds is 4. The van der Waals surface area contributed by atoms with Gasteiger partial charge in [-0.25, -0.2) is 9.37 Å². The third-order valence-corrected chi connectivity index (χ3v) is 5.66. The predicted octanol–water partition coefficient (Wildman–Crippen LogP) is 4.75. The standard InChI is InChI=1S/C24H22FN3O3/c1-28-14-16(2-9-21(28)29)19-7-8-20-22(23(19)31-18-5-3-17(25)4-6-18)27-24(26-20)15-10-12-30-13-11-15/h2-9,14-15H,10-13H2,1H3,(H,26,27). The molecule has 1 aliphatic rings. The minimum Gasteiger partial charge on any atom is -0.454 e. The van der Waals surface area contributed by atoms with Crippen molar-refractivity contribution in [2.24, 2.45) is 7.05 Å². The summed E-state index contributed by atoms with van der Waals surface area (Å²) < 4.78 is 26.6. The first-order valence-electron chi connectivity index (χ1n) is 10.3. The zero-order valence-electron chi connectivity index (χ0n) is 17.1. The quantitative estimate of drug-likeness (QED) is 0.518. The van der Waals surface area contributed by atoms with Crippen molar-refractivity contribution < 1.29 is 13.9 Å². The molecular weight excluding hydrogens is 397 g/mol. The molecule has 0 atom stereocenters. The molecule has 5 rings (SSSR count). The van der Waals surface area contributed by atoms with Crippen LogP contribution >= 0.6 is 0 Å². The lowest BCUT2D eigenvalue weighted by molar-refractivity contribution is 0.0838. The molecule has 0 aliphatic carbocycles. The van der Waals surface area contributed by atoms with Gasteiger partial charge in [-0.15, -0.1) is 0 Å². The lowest BCUT2D eigenvalue weighted by Crippen LogP contribution is -2.15. The molecule has 0 saturated carbocycles. The third-order valence-electron chi connectivity index (χ3n) is 5.66. The van der Waals surface area contributed by atoms with E-state index >= 15 is 0 Å². The van der Waals surface area contributed by atoms with Crippen LogP contribution in [0.3, 0.4) is 0 Å². The van der Waals surface area contributed by atoms with Crippen molar-refractivity contribution in [3.8, 4) is 22.6 Å². The SMILES string of the molecule is Cn1cc(-c2ccc3[nH]c(C4CCOCC4)nc3c2Oc2ccc(F)cc2)ccc1=O.